The molecule has 0 aliphatic carbocycles. The van der Waals surface area contributed by atoms with Crippen molar-refractivity contribution in [2.24, 2.45) is 0 Å². The van der Waals surface area contributed by atoms with Crippen LogP contribution in [0, 0.1) is 6.92 Å². The molecule has 0 unspecified atom stereocenters. The van der Waals surface area contributed by atoms with Gasteiger partial charge >= 0.3 is 5.97 Å². The fourth-order valence-corrected chi connectivity index (χ4v) is 3.18. The number of esters is 1. The summed E-state index contributed by atoms with van der Waals surface area (Å²) >= 11 is 9.31. The minimum absolute atomic E-state index is 0.0368. The van der Waals surface area contributed by atoms with Gasteiger partial charge in [-0.3, -0.25) is 9.36 Å². The number of benzene rings is 1. The van der Waals surface area contributed by atoms with Crippen molar-refractivity contribution >= 4 is 50.2 Å². The van der Waals surface area contributed by atoms with Crippen molar-refractivity contribution in [1.82, 2.24) is 9.55 Å². The molecule has 128 valence electrons. The molecule has 6 nitrogen and oxygen atoms in total. The van der Waals surface area contributed by atoms with Crippen LogP contribution >= 0.6 is 27.5 Å². The predicted octanol–water partition coefficient (Wildman–Crippen LogP) is 3.48. The Morgan fingerprint density at radius 1 is 1.32 bits per heavy atom. The van der Waals surface area contributed by atoms with Gasteiger partial charge in [0.1, 0.15) is 10.2 Å². The second-order valence-corrected chi connectivity index (χ2v) is 6.61. The first-order valence-corrected chi connectivity index (χ1v) is 8.37. The number of nitrogens with zero attached hydrogens (tertiary/aromatic N) is 2. The zero-order valence-electron chi connectivity index (χ0n) is 13.3. The van der Waals surface area contributed by atoms with E-state index in [2.05, 4.69) is 20.9 Å². The van der Waals surface area contributed by atoms with Crippen LogP contribution in [0.1, 0.15) is 15.9 Å². The molecule has 0 bridgehead atoms. The number of nitrogen functional groups attached to an aromatic ring is 1. The number of hydrogen-bond donors (Lipinski definition) is 1. The van der Waals surface area contributed by atoms with Gasteiger partial charge < -0.3 is 10.5 Å². The molecule has 1 aromatic carbocycles. The average molecular weight is 423 g/mol. The molecule has 2 N–H and O–H groups in total. The van der Waals surface area contributed by atoms with E-state index in [1.807, 2.05) is 6.92 Å². The van der Waals surface area contributed by atoms with Crippen LogP contribution in [0.25, 0.3) is 16.7 Å². The molecule has 3 aromatic rings. The Balaban J connectivity index is 2.54. The number of hydrogen-bond acceptors (Lipinski definition) is 5. The van der Waals surface area contributed by atoms with E-state index in [0.717, 1.165) is 5.56 Å². The van der Waals surface area contributed by atoms with Gasteiger partial charge in [0.25, 0.3) is 5.56 Å². The molecule has 0 amide bonds. The number of methoxy groups -OCH3 is 1. The molecule has 0 aliphatic rings. The van der Waals surface area contributed by atoms with Gasteiger partial charge in [0.2, 0.25) is 0 Å². The van der Waals surface area contributed by atoms with Crippen LogP contribution in [0.15, 0.2) is 39.7 Å². The maximum atomic E-state index is 13.0. The van der Waals surface area contributed by atoms with E-state index in [9.17, 15) is 9.59 Å². The van der Waals surface area contributed by atoms with E-state index in [-0.39, 0.29) is 11.3 Å². The average Bonchev–Trinajstić information content (AvgIpc) is 2.56. The molecular weight excluding hydrogens is 410 g/mol. The molecule has 2 heterocycles. The van der Waals surface area contributed by atoms with Crippen molar-refractivity contribution in [2.45, 2.75) is 6.92 Å². The zero-order valence-corrected chi connectivity index (χ0v) is 15.7. The first kappa shape index (κ1) is 17.4. The third-order valence-electron chi connectivity index (χ3n) is 3.82. The number of halogens is 2. The first-order chi connectivity index (χ1) is 11.8. The minimum atomic E-state index is -0.798. The van der Waals surface area contributed by atoms with Crippen LogP contribution in [0.4, 0.5) is 5.69 Å². The highest BCUT2D eigenvalue weighted by Crippen LogP contribution is 2.27. The fraction of sp³-hybridized carbons (Fsp3) is 0.118. The van der Waals surface area contributed by atoms with Crippen LogP contribution in [0.5, 0.6) is 0 Å². The standard InChI is InChI=1S/C17H13BrClN3O3/c1-8-7-9(19)3-5-11(8)22-15-10(4-6-12(18)21-15)14(20)13(16(22)23)17(24)25-2/h3-7H,20H2,1-2H3. The Bertz CT molecular complexity index is 1080. The van der Waals surface area contributed by atoms with Gasteiger partial charge in [0.15, 0.2) is 5.65 Å². The maximum absolute atomic E-state index is 13.0. The Hall–Kier alpha value is -2.38. The SMILES string of the molecule is COC(=O)c1c(N)c2ccc(Br)nc2n(-c2ccc(Cl)cc2C)c1=O. The molecule has 0 fully saturated rings. The van der Waals surface area contributed by atoms with Gasteiger partial charge in [-0.2, -0.15) is 0 Å². The zero-order chi connectivity index (χ0) is 18.3. The minimum Gasteiger partial charge on any atom is -0.465 e. The van der Waals surface area contributed by atoms with E-state index in [0.29, 0.717) is 26.3 Å². The van der Waals surface area contributed by atoms with Crippen LogP contribution in [0.2, 0.25) is 5.02 Å². The highest BCUT2D eigenvalue weighted by Gasteiger charge is 2.23. The lowest BCUT2D eigenvalue weighted by Gasteiger charge is -2.16. The first-order valence-electron chi connectivity index (χ1n) is 7.20. The van der Waals surface area contributed by atoms with Gasteiger partial charge in [0.05, 0.1) is 18.5 Å². The Morgan fingerprint density at radius 3 is 2.68 bits per heavy atom. The number of rotatable bonds is 2. The highest BCUT2D eigenvalue weighted by atomic mass is 79.9. The van der Waals surface area contributed by atoms with Crippen LogP contribution in [-0.2, 0) is 4.74 Å². The number of nitrogens with two attached hydrogens (primary N) is 1. The molecule has 0 atom stereocenters. The van der Waals surface area contributed by atoms with Crippen molar-refractivity contribution in [3.63, 3.8) is 0 Å². The smallest absolute Gasteiger partial charge is 0.345 e. The second-order valence-electron chi connectivity index (χ2n) is 5.36. The maximum Gasteiger partial charge on any atom is 0.345 e. The lowest BCUT2D eigenvalue weighted by molar-refractivity contribution is 0.0600. The van der Waals surface area contributed by atoms with Gasteiger partial charge in [-0.15, -0.1) is 0 Å². The molecule has 8 heteroatoms. The number of aromatic nitrogens is 2. The topological polar surface area (TPSA) is 87.2 Å². The summed E-state index contributed by atoms with van der Waals surface area (Å²) in [6.45, 7) is 1.81. The van der Waals surface area contributed by atoms with Gasteiger partial charge in [-0.05, 0) is 58.7 Å². The third-order valence-corrected chi connectivity index (χ3v) is 4.50. The van der Waals surface area contributed by atoms with Crippen LogP contribution in [-0.4, -0.2) is 22.6 Å². The summed E-state index contributed by atoms with van der Waals surface area (Å²) in [6, 6.07) is 8.45. The summed E-state index contributed by atoms with van der Waals surface area (Å²) < 4.78 is 6.60. The predicted molar refractivity (Wildman–Crippen MR) is 101 cm³/mol. The van der Waals surface area contributed by atoms with Crippen molar-refractivity contribution in [2.75, 3.05) is 12.8 Å². The number of ether oxygens (including phenoxy) is 1. The summed E-state index contributed by atoms with van der Waals surface area (Å²) in [5.41, 5.74) is 6.90. The number of anilines is 1. The molecule has 0 aliphatic heterocycles. The molecule has 25 heavy (non-hydrogen) atoms. The van der Waals surface area contributed by atoms with E-state index in [1.165, 1.54) is 11.7 Å². The second kappa shape index (κ2) is 6.50. The summed E-state index contributed by atoms with van der Waals surface area (Å²) in [4.78, 5) is 29.5. The summed E-state index contributed by atoms with van der Waals surface area (Å²) in [5, 5.41) is 1.01. The fourth-order valence-electron chi connectivity index (χ4n) is 2.66. The number of pyridine rings is 2. The van der Waals surface area contributed by atoms with Crippen LogP contribution < -0.4 is 11.3 Å². The monoisotopic (exact) mass is 421 g/mol. The normalized spacial score (nSPS) is 10.9. The largest absolute Gasteiger partial charge is 0.465 e. The molecule has 3 rings (SSSR count). The van der Waals surface area contributed by atoms with E-state index in [1.54, 1.807) is 30.3 Å². The molecular formula is C17H13BrClN3O3. The summed E-state index contributed by atoms with van der Waals surface area (Å²) in [6.07, 6.45) is 0. The summed E-state index contributed by atoms with van der Waals surface area (Å²) in [7, 11) is 1.20. The van der Waals surface area contributed by atoms with Crippen molar-refractivity contribution < 1.29 is 9.53 Å². The Morgan fingerprint density at radius 2 is 2.04 bits per heavy atom. The third kappa shape index (κ3) is 2.89. The number of carbonyl (C=O) groups excluding carboxylic acids is 1. The van der Waals surface area contributed by atoms with E-state index < -0.39 is 11.5 Å². The molecule has 0 spiro atoms. The molecule has 2 aromatic heterocycles. The Kier molecular flexibility index (Phi) is 4.53. The van der Waals surface area contributed by atoms with Gasteiger partial charge in [0, 0.05) is 10.4 Å². The van der Waals surface area contributed by atoms with Crippen molar-refractivity contribution in [1.29, 1.82) is 0 Å². The number of fused-ring (bicyclic) bond motifs is 1. The van der Waals surface area contributed by atoms with Gasteiger partial charge in [-0.1, -0.05) is 11.6 Å². The van der Waals surface area contributed by atoms with Crippen LogP contribution in [0.3, 0.4) is 0 Å². The lowest BCUT2D eigenvalue weighted by atomic mass is 10.1. The number of aryl methyl sites for hydroxylation is 1. The Labute approximate surface area is 156 Å². The number of carbonyl (C=O) groups is 1. The highest BCUT2D eigenvalue weighted by molar-refractivity contribution is 9.10. The van der Waals surface area contributed by atoms with Crippen molar-refractivity contribution in [3.8, 4) is 5.69 Å². The summed E-state index contributed by atoms with van der Waals surface area (Å²) in [5.74, 6) is -0.798. The van der Waals surface area contributed by atoms with E-state index >= 15 is 0 Å². The van der Waals surface area contributed by atoms with Gasteiger partial charge in [-0.25, -0.2) is 9.78 Å². The molecule has 0 saturated heterocycles. The van der Waals surface area contributed by atoms with E-state index in [4.69, 9.17) is 22.1 Å². The lowest BCUT2D eigenvalue weighted by Crippen LogP contribution is -2.29. The molecule has 0 radical (unpaired) electrons. The molecule has 0 saturated carbocycles. The quantitative estimate of drug-likeness (QED) is 0.505. The van der Waals surface area contributed by atoms with Crippen molar-refractivity contribution in [3.05, 3.63) is 61.4 Å².